The van der Waals surface area contributed by atoms with Crippen LogP contribution in [0.15, 0.2) is 29.2 Å². The number of alkyl halides is 3. The molecule has 0 saturated heterocycles. The van der Waals surface area contributed by atoms with Crippen LogP contribution in [0.4, 0.5) is 13.2 Å². The number of carbonyl (C=O) groups is 2. The standard InChI is InChI=1S/C19H27F3N2O3S/c1-3-4-10-27-11-6-9-23-18(26)17(24-14(2)25)13-28-16-8-5-7-15(12-16)19(20,21)22/h5,7-8,12,17H,3-4,6,9-11,13H2,1-2H3,(H,23,26)(H,24,25). The van der Waals surface area contributed by atoms with Crippen LogP contribution < -0.4 is 10.6 Å². The van der Waals surface area contributed by atoms with Gasteiger partial charge in [0.15, 0.2) is 0 Å². The molecule has 0 aromatic heterocycles. The van der Waals surface area contributed by atoms with Crippen LogP contribution in [-0.2, 0) is 20.5 Å². The van der Waals surface area contributed by atoms with Crippen LogP contribution in [0, 0.1) is 0 Å². The lowest BCUT2D eigenvalue weighted by Crippen LogP contribution is -2.47. The van der Waals surface area contributed by atoms with E-state index in [1.165, 1.54) is 19.1 Å². The van der Waals surface area contributed by atoms with Crippen molar-refractivity contribution in [3.8, 4) is 0 Å². The van der Waals surface area contributed by atoms with E-state index >= 15 is 0 Å². The van der Waals surface area contributed by atoms with Crippen molar-refractivity contribution in [3.63, 3.8) is 0 Å². The first-order valence-electron chi connectivity index (χ1n) is 9.16. The lowest BCUT2D eigenvalue weighted by Gasteiger charge is -2.17. The van der Waals surface area contributed by atoms with E-state index in [0.29, 0.717) is 31.1 Å². The van der Waals surface area contributed by atoms with E-state index in [9.17, 15) is 22.8 Å². The number of hydrogen-bond acceptors (Lipinski definition) is 4. The van der Waals surface area contributed by atoms with E-state index < -0.39 is 17.8 Å². The molecule has 0 fully saturated rings. The molecule has 1 unspecified atom stereocenters. The van der Waals surface area contributed by atoms with Crippen molar-refractivity contribution in [2.75, 3.05) is 25.5 Å². The van der Waals surface area contributed by atoms with Crippen molar-refractivity contribution in [1.82, 2.24) is 10.6 Å². The molecule has 2 N–H and O–H groups in total. The number of nitrogens with one attached hydrogen (secondary N) is 2. The number of carbonyl (C=O) groups excluding carboxylic acids is 2. The van der Waals surface area contributed by atoms with Crippen LogP contribution in [0.1, 0.15) is 38.7 Å². The van der Waals surface area contributed by atoms with E-state index in [1.54, 1.807) is 0 Å². The van der Waals surface area contributed by atoms with Crippen molar-refractivity contribution >= 4 is 23.6 Å². The highest BCUT2D eigenvalue weighted by molar-refractivity contribution is 7.99. The Hall–Kier alpha value is -1.74. The van der Waals surface area contributed by atoms with Crippen LogP contribution in [0.2, 0.25) is 0 Å². The summed E-state index contributed by atoms with van der Waals surface area (Å²) in [4.78, 5) is 24.0. The van der Waals surface area contributed by atoms with Crippen molar-refractivity contribution in [2.45, 2.75) is 50.2 Å². The molecule has 0 bridgehead atoms. The molecule has 9 heteroatoms. The molecule has 1 aromatic rings. The molecule has 0 aliphatic carbocycles. The third-order valence-corrected chi connectivity index (χ3v) is 4.77. The number of halogens is 3. The topological polar surface area (TPSA) is 67.4 Å². The number of rotatable bonds is 12. The largest absolute Gasteiger partial charge is 0.416 e. The number of hydrogen-bond donors (Lipinski definition) is 2. The first kappa shape index (κ1) is 24.3. The van der Waals surface area contributed by atoms with Crippen LogP contribution in [0.3, 0.4) is 0 Å². The molecule has 0 heterocycles. The van der Waals surface area contributed by atoms with Gasteiger partial charge in [-0.2, -0.15) is 13.2 Å². The van der Waals surface area contributed by atoms with Gasteiger partial charge in [0.2, 0.25) is 11.8 Å². The predicted octanol–water partition coefficient (Wildman–Crippen LogP) is 3.63. The van der Waals surface area contributed by atoms with Gasteiger partial charge in [-0.05, 0) is 31.0 Å². The molecule has 158 valence electrons. The van der Waals surface area contributed by atoms with Crippen LogP contribution in [-0.4, -0.2) is 43.4 Å². The van der Waals surface area contributed by atoms with E-state index in [-0.39, 0.29) is 17.6 Å². The minimum absolute atomic E-state index is 0.125. The summed E-state index contributed by atoms with van der Waals surface area (Å²) in [6, 6.07) is 4.04. The second-order valence-corrected chi connectivity index (χ2v) is 7.29. The highest BCUT2D eigenvalue weighted by atomic mass is 32.2. The number of unbranched alkanes of at least 4 members (excludes halogenated alkanes) is 1. The summed E-state index contributed by atoms with van der Waals surface area (Å²) in [6.07, 6.45) is -1.74. The van der Waals surface area contributed by atoms with Gasteiger partial charge >= 0.3 is 6.18 Å². The summed E-state index contributed by atoms with van der Waals surface area (Å²) in [5.74, 6) is -0.629. The number of amides is 2. The highest BCUT2D eigenvalue weighted by Crippen LogP contribution is 2.32. The Bertz CT molecular complexity index is 627. The van der Waals surface area contributed by atoms with Crippen molar-refractivity contribution in [2.24, 2.45) is 0 Å². The first-order valence-corrected chi connectivity index (χ1v) is 10.1. The molecular weight excluding hydrogens is 393 g/mol. The summed E-state index contributed by atoms with van der Waals surface area (Å²) in [7, 11) is 0. The molecule has 1 rings (SSSR count). The molecule has 1 aromatic carbocycles. The SMILES string of the molecule is CCCCOCCCNC(=O)C(CSc1cccc(C(F)(F)F)c1)NC(C)=O. The Kier molecular flexibility index (Phi) is 11.0. The number of thioether (sulfide) groups is 1. The summed E-state index contributed by atoms with van der Waals surface area (Å²) < 4.78 is 43.8. The van der Waals surface area contributed by atoms with E-state index in [1.807, 2.05) is 0 Å². The second kappa shape index (κ2) is 12.7. The zero-order valence-corrected chi connectivity index (χ0v) is 16.9. The maximum atomic E-state index is 12.8. The predicted molar refractivity (Wildman–Crippen MR) is 103 cm³/mol. The average molecular weight is 420 g/mol. The highest BCUT2D eigenvalue weighted by Gasteiger charge is 2.30. The van der Waals surface area contributed by atoms with E-state index in [4.69, 9.17) is 4.74 Å². The Morgan fingerprint density at radius 1 is 1.21 bits per heavy atom. The van der Waals surface area contributed by atoms with Crippen molar-refractivity contribution < 1.29 is 27.5 Å². The average Bonchev–Trinajstić information content (AvgIpc) is 2.63. The summed E-state index contributed by atoms with van der Waals surface area (Å²) >= 11 is 1.08. The normalized spacial score (nSPS) is 12.5. The third kappa shape index (κ3) is 9.98. The van der Waals surface area contributed by atoms with E-state index in [2.05, 4.69) is 17.6 Å². The molecule has 2 amide bonds. The number of benzene rings is 1. The zero-order chi connectivity index (χ0) is 21.0. The van der Waals surface area contributed by atoms with Gasteiger partial charge in [0.1, 0.15) is 6.04 Å². The van der Waals surface area contributed by atoms with Gasteiger partial charge in [-0.25, -0.2) is 0 Å². The fraction of sp³-hybridized carbons (Fsp3) is 0.579. The fourth-order valence-corrected chi connectivity index (χ4v) is 3.21. The molecule has 0 aliphatic heterocycles. The Balaban J connectivity index is 2.52. The second-order valence-electron chi connectivity index (χ2n) is 6.20. The lowest BCUT2D eigenvalue weighted by atomic mass is 10.2. The maximum absolute atomic E-state index is 12.8. The van der Waals surface area contributed by atoms with Crippen LogP contribution in [0.25, 0.3) is 0 Å². The minimum atomic E-state index is -4.43. The molecule has 1 atom stereocenters. The Morgan fingerprint density at radius 3 is 2.57 bits per heavy atom. The third-order valence-electron chi connectivity index (χ3n) is 3.68. The van der Waals surface area contributed by atoms with Crippen molar-refractivity contribution in [3.05, 3.63) is 29.8 Å². The minimum Gasteiger partial charge on any atom is -0.381 e. The number of ether oxygens (including phenoxy) is 1. The molecule has 0 radical (unpaired) electrons. The fourth-order valence-electron chi connectivity index (χ4n) is 2.23. The summed E-state index contributed by atoms with van der Waals surface area (Å²) in [5, 5.41) is 5.26. The van der Waals surface area contributed by atoms with Gasteiger partial charge < -0.3 is 15.4 Å². The summed E-state index contributed by atoms with van der Waals surface area (Å²) in [6.45, 7) is 4.98. The summed E-state index contributed by atoms with van der Waals surface area (Å²) in [5.41, 5.74) is -0.749. The zero-order valence-electron chi connectivity index (χ0n) is 16.1. The molecule has 0 saturated carbocycles. The van der Waals surface area contributed by atoms with Gasteiger partial charge in [-0.15, -0.1) is 11.8 Å². The van der Waals surface area contributed by atoms with Crippen molar-refractivity contribution in [1.29, 1.82) is 0 Å². The van der Waals surface area contributed by atoms with Crippen LogP contribution >= 0.6 is 11.8 Å². The van der Waals surface area contributed by atoms with Gasteiger partial charge in [0, 0.05) is 37.3 Å². The molecular formula is C19H27F3N2O3S. The quantitative estimate of drug-likeness (QED) is 0.400. The first-order chi connectivity index (χ1) is 13.2. The monoisotopic (exact) mass is 420 g/mol. The van der Waals surface area contributed by atoms with Gasteiger partial charge in [0.25, 0.3) is 0 Å². The maximum Gasteiger partial charge on any atom is 0.416 e. The molecule has 28 heavy (non-hydrogen) atoms. The van der Waals surface area contributed by atoms with Gasteiger partial charge in [-0.1, -0.05) is 19.4 Å². The van der Waals surface area contributed by atoms with Crippen LogP contribution in [0.5, 0.6) is 0 Å². The molecule has 5 nitrogen and oxygen atoms in total. The lowest BCUT2D eigenvalue weighted by molar-refractivity contribution is -0.137. The van der Waals surface area contributed by atoms with E-state index in [0.717, 1.165) is 36.7 Å². The molecule has 0 aliphatic rings. The Labute approximate surface area is 167 Å². The molecule has 0 spiro atoms. The Morgan fingerprint density at radius 2 is 1.93 bits per heavy atom. The smallest absolute Gasteiger partial charge is 0.381 e. The van der Waals surface area contributed by atoms with Gasteiger partial charge in [0.05, 0.1) is 5.56 Å². The van der Waals surface area contributed by atoms with Gasteiger partial charge in [-0.3, -0.25) is 9.59 Å².